The SMILES string of the molecule is [Be+2].[O-]c1ccccc1-c1ccc2ccc3cccc([O-])c3c2[nH+]1. The summed E-state index contributed by atoms with van der Waals surface area (Å²) in [7, 11) is 0. The first-order valence-corrected chi connectivity index (χ1v) is 7.05. The van der Waals surface area contributed by atoms with E-state index < -0.39 is 0 Å². The second kappa shape index (κ2) is 5.71. The van der Waals surface area contributed by atoms with Crippen LogP contribution in [0.2, 0.25) is 0 Å². The minimum atomic E-state index is -0.0410. The molecule has 4 aromatic rings. The van der Waals surface area contributed by atoms with Crippen LogP contribution in [0.4, 0.5) is 0 Å². The summed E-state index contributed by atoms with van der Waals surface area (Å²) >= 11 is 0. The van der Waals surface area contributed by atoms with E-state index in [-0.39, 0.29) is 21.6 Å². The van der Waals surface area contributed by atoms with Gasteiger partial charge in [0.15, 0.2) is 0 Å². The fourth-order valence-corrected chi connectivity index (χ4v) is 2.83. The molecule has 1 heterocycles. The van der Waals surface area contributed by atoms with E-state index in [2.05, 4.69) is 4.98 Å². The smallest absolute Gasteiger partial charge is 0.872 e. The van der Waals surface area contributed by atoms with Gasteiger partial charge in [0.05, 0.1) is 0 Å². The molecule has 0 aliphatic rings. The number of nitrogens with one attached hydrogen (secondary N) is 1. The molecule has 0 saturated heterocycles. The van der Waals surface area contributed by atoms with Gasteiger partial charge in [-0.15, -0.1) is 0 Å². The first-order valence-electron chi connectivity index (χ1n) is 7.05. The van der Waals surface area contributed by atoms with Gasteiger partial charge in [0.25, 0.3) is 0 Å². The first kappa shape index (κ1) is 15.0. The van der Waals surface area contributed by atoms with Crippen LogP contribution < -0.4 is 15.2 Å². The summed E-state index contributed by atoms with van der Waals surface area (Å²) in [5.74, 6) is -0.0624. The maximum Gasteiger partial charge on any atom is 2.00 e. The van der Waals surface area contributed by atoms with E-state index in [1.54, 1.807) is 24.3 Å². The standard InChI is InChI=1S/C19H13NO2.Be/c21-16-6-2-1-5-14(16)15-11-10-13-9-8-12-4-3-7-17(22)18(12)19(13)20-15;/h1-11,21-22H;/q;+2/p-1. The molecule has 1 aromatic heterocycles. The average molecular weight is 295 g/mol. The molecule has 0 radical (unpaired) electrons. The molecule has 0 unspecified atom stereocenters. The fourth-order valence-electron chi connectivity index (χ4n) is 2.83. The van der Waals surface area contributed by atoms with Crippen molar-refractivity contribution in [2.45, 2.75) is 0 Å². The van der Waals surface area contributed by atoms with Gasteiger partial charge in [-0.25, -0.2) is 4.98 Å². The molecule has 4 rings (SSSR count). The van der Waals surface area contributed by atoms with Crippen molar-refractivity contribution in [1.29, 1.82) is 0 Å². The number of hydrogen-bond acceptors (Lipinski definition) is 2. The van der Waals surface area contributed by atoms with Crippen molar-refractivity contribution >= 4 is 31.8 Å². The zero-order valence-electron chi connectivity index (χ0n) is 12.4. The maximum absolute atomic E-state index is 12.2. The monoisotopic (exact) mass is 295 g/mol. The Balaban J connectivity index is 0.00000156. The molecule has 0 saturated carbocycles. The van der Waals surface area contributed by atoms with Gasteiger partial charge in [0, 0.05) is 22.4 Å². The Morgan fingerprint density at radius 3 is 2.17 bits per heavy atom. The van der Waals surface area contributed by atoms with E-state index in [9.17, 15) is 10.2 Å². The van der Waals surface area contributed by atoms with Crippen LogP contribution in [0.3, 0.4) is 0 Å². The number of aromatic nitrogens is 1. The van der Waals surface area contributed by atoms with Crippen LogP contribution in [0.25, 0.3) is 32.9 Å². The molecule has 4 heteroatoms. The number of para-hydroxylation sites is 1. The van der Waals surface area contributed by atoms with Crippen LogP contribution in [0.5, 0.6) is 11.5 Å². The predicted octanol–water partition coefficient (Wildman–Crippen LogP) is 2.24. The number of rotatable bonds is 1. The van der Waals surface area contributed by atoms with Crippen molar-refractivity contribution in [1.82, 2.24) is 0 Å². The van der Waals surface area contributed by atoms with E-state index in [0.29, 0.717) is 16.6 Å². The summed E-state index contributed by atoms with van der Waals surface area (Å²) in [6.45, 7) is 0. The Bertz CT molecular complexity index is 1010. The molecular formula is C19H12BeNO2+. The molecule has 1 N–H and O–H groups in total. The summed E-state index contributed by atoms with van der Waals surface area (Å²) in [5, 5.41) is 26.7. The molecule has 3 aromatic carbocycles. The summed E-state index contributed by atoms with van der Waals surface area (Å²) in [5.41, 5.74) is 2.09. The molecule has 106 valence electrons. The van der Waals surface area contributed by atoms with Crippen LogP contribution in [0, 0.1) is 0 Å². The molecule has 0 spiro atoms. The van der Waals surface area contributed by atoms with E-state index in [1.807, 2.05) is 36.4 Å². The van der Waals surface area contributed by atoms with E-state index >= 15 is 0 Å². The zero-order chi connectivity index (χ0) is 15.1. The number of fused-ring (bicyclic) bond motifs is 3. The van der Waals surface area contributed by atoms with E-state index in [4.69, 9.17) is 0 Å². The Labute approximate surface area is 137 Å². The fraction of sp³-hybridized carbons (Fsp3) is 0. The molecule has 0 amide bonds. The summed E-state index contributed by atoms with van der Waals surface area (Å²) in [4.78, 5) is 3.27. The average Bonchev–Trinajstić information content (AvgIpc) is 2.55. The molecule has 3 nitrogen and oxygen atoms in total. The molecule has 23 heavy (non-hydrogen) atoms. The third-order valence-electron chi connectivity index (χ3n) is 3.91. The number of benzene rings is 3. The molecule has 0 aliphatic heterocycles. The van der Waals surface area contributed by atoms with Crippen LogP contribution in [0.1, 0.15) is 0 Å². The number of pyridine rings is 1. The van der Waals surface area contributed by atoms with Gasteiger partial charge in [-0.2, -0.15) is 0 Å². The number of aromatic amines is 1. The summed E-state index contributed by atoms with van der Waals surface area (Å²) in [6.07, 6.45) is 0. The van der Waals surface area contributed by atoms with Crippen LogP contribution >= 0.6 is 0 Å². The Hall–Kier alpha value is -2.90. The minimum Gasteiger partial charge on any atom is -0.872 e. The van der Waals surface area contributed by atoms with Gasteiger partial charge in [0.1, 0.15) is 0 Å². The second-order valence-electron chi connectivity index (χ2n) is 5.25. The molecule has 0 aliphatic carbocycles. The first-order chi connectivity index (χ1) is 10.7. The van der Waals surface area contributed by atoms with Crippen molar-refractivity contribution in [3.05, 3.63) is 66.7 Å². The van der Waals surface area contributed by atoms with Gasteiger partial charge >= 0.3 is 10.1 Å². The Morgan fingerprint density at radius 1 is 0.652 bits per heavy atom. The van der Waals surface area contributed by atoms with Crippen molar-refractivity contribution in [2.75, 3.05) is 0 Å². The summed E-state index contributed by atoms with van der Waals surface area (Å²) < 4.78 is 0. The van der Waals surface area contributed by atoms with Gasteiger partial charge in [-0.3, -0.25) is 0 Å². The third kappa shape index (κ3) is 2.41. The van der Waals surface area contributed by atoms with Crippen LogP contribution in [-0.4, -0.2) is 10.1 Å². The Kier molecular flexibility index (Phi) is 3.73. The number of hydrogen-bond donors (Lipinski definition) is 0. The predicted molar refractivity (Wildman–Crippen MR) is 88.1 cm³/mol. The zero-order valence-corrected chi connectivity index (χ0v) is 12.4. The Morgan fingerprint density at radius 2 is 1.35 bits per heavy atom. The van der Waals surface area contributed by atoms with Gasteiger partial charge in [-0.05, 0) is 23.6 Å². The van der Waals surface area contributed by atoms with Gasteiger partial charge < -0.3 is 10.2 Å². The topological polar surface area (TPSA) is 60.3 Å². The molecule has 0 atom stereocenters. The van der Waals surface area contributed by atoms with Gasteiger partial charge in [-0.1, -0.05) is 54.0 Å². The van der Waals surface area contributed by atoms with Crippen molar-refractivity contribution in [2.24, 2.45) is 0 Å². The van der Waals surface area contributed by atoms with Crippen molar-refractivity contribution in [3.8, 4) is 22.8 Å². The van der Waals surface area contributed by atoms with Crippen molar-refractivity contribution in [3.63, 3.8) is 0 Å². The quantitative estimate of drug-likeness (QED) is 0.399. The van der Waals surface area contributed by atoms with E-state index in [1.165, 1.54) is 6.07 Å². The van der Waals surface area contributed by atoms with Gasteiger partial charge in [0.2, 0.25) is 11.2 Å². The van der Waals surface area contributed by atoms with Crippen LogP contribution in [0.15, 0.2) is 66.7 Å². The molecule has 0 fully saturated rings. The second-order valence-corrected chi connectivity index (χ2v) is 5.25. The normalized spacial score (nSPS) is 10.6. The van der Waals surface area contributed by atoms with E-state index in [0.717, 1.165) is 16.3 Å². The van der Waals surface area contributed by atoms with Crippen molar-refractivity contribution < 1.29 is 15.2 Å². The largest absolute Gasteiger partial charge is 2.00 e. The summed E-state index contributed by atoms with van der Waals surface area (Å²) in [6, 6.07) is 19.8. The third-order valence-corrected chi connectivity index (χ3v) is 3.91. The van der Waals surface area contributed by atoms with Crippen LogP contribution in [-0.2, 0) is 0 Å². The number of H-pyrrole nitrogens is 1. The maximum atomic E-state index is 12.2. The molecule has 0 bridgehead atoms. The minimum absolute atomic E-state index is 0. The molecular weight excluding hydrogens is 283 g/mol.